The van der Waals surface area contributed by atoms with E-state index in [0.29, 0.717) is 0 Å². The van der Waals surface area contributed by atoms with Gasteiger partial charge in [-0.3, -0.25) is 4.68 Å². The molecule has 0 aliphatic rings. The van der Waals surface area contributed by atoms with Crippen molar-refractivity contribution in [2.75, 3.05) is 0 Å². The van der Waals surface area contributed by atoms with E-state index < -0.39 is 0 Å². The summed E-state index contributed by atoms with van der Waals surface area (Å²) in [5, 5.41) is 7.63. The van der Waals surface area contributed by atoms with Gasteiger partial charge in [-0.1, -0.05) is 0 Å². The minimum atomic E-state index is 0.181. The maximum absolute atomic E-state index is 5.50. The van der Waals surface area contributed by atoms with Crippen molar-refractivity contribution in [3.05, 3.63) is 40.0 Å². The van der Waals surface area contributed by atoms with E-state index in [4.69, 9.17) is 4.42 Å². The van der Waals surface area contributed by atoms with Crippen LogP contribution in [-0.4, -0.2) is 9.78 Å². The molecular weight excluding hydrogens is 282 g/mol. The molecule has 2 aromatic heterocycles. The molecule has 1 unspecified atom stereocenters. The van der Waals surface area contributed by atoms with Crippen LogP contribution in [0.3, 0.4) is 0 Å². The summed E-state index contributed by atoms with van der Waals surface area (Å²) in [6, 6.07) is 4.06. The normalized spacial score (nSPS) is 12.9. The first-order valence-corrected chi connectivity index (χ1v) is 6.33. The zero-order valence-corrected chi connectivity index (χ0v) is 11.8. The smallest absolute Gasteiger partial charge is 0.169 e. The molecule has 2 heterocycles. The minimum absolute atomic E-state index is 0.181. The average Bonchev–Trinajstić information content (AvgIpc) is 2.86. The maximum atomic E-state index is 5.50. The molecule has 4 nitrogen and oxygen atoms in total. The van der Waals surface area contributed by atoms with E-state index >= 15 is 0 Å². The van der Waals surface area contributed by atoms with Crippen LogP contribution in [0.2, 0.25) is 0 Å². The van der Waals surface area contributed by atoms with Gasteiger partial charge in [0.2, 0.25) is 0 Å². The molecule has 2 aromatic rings. The molecule has 0 aliphatic carbocycles. The Labute approximate surface area is 109 Å². The average molecular weight is 298 g/mol. The van der Waals surface area contributed by atoms with Gasteiger partial charge in [0.15, 0.2) is 4.67 Å². The molecule has 0 saturated carbocycles. The monoisotopic (exact) mass is 297 g/mol. The van der Waals surface area contributed by atoms with Crippen LogP contribution >= 0.6 is 15.9 Å². The Hall–Kier alpha value is -1.07. The van der Waals surface area contributed by atoms with Gasteiger partial charge in [0.05, 0.1) is 12.2 Å². The Kier molecular flexibility index (Phi) is 3.69. The quantitative estimate of drug-likeness (QED) is 0.943. The molecule has 2 rings (SSSR count). The molecular formula is C12H16BrN3O. The van der Waals surface area contributed by atoms with Gasteiger partial charge in [0.1, 0.15) is 5.76 Å². The second-order valence-electron chi connectivity index (χ2n) is 4.12. The Morgan fingerprint density at radius 3 is 2.82 bits per heavy atom. The van der Waals surface area contributed by atoms with Crippen molar-refractivity contribution < 1.29 is 4.42 Å². The number of aromatic nitrogens is 2. The van der Waals surface area contributed by atoms with Crippen LogP contribution in [0.4, 0.5) is 0 Å². The van der Waals surface area contributed by atoms with E-state index in [1.807, 2.05) is 30.1 Å². The number of furan rings is 1. The third-order valence-corrected chi connectivity index (χ3v) is 3.38. The first kappa shape index (κ1) is 12.4. The lowest BCUT2D eigenvalue weighted by molar-refractivity contribution is 0.417. The van der Waals surface area contributed by atoms with Crippen LogP contribution in [-0.2, 0) is 13.6 Å². The summed E-state index contributed by atoms with van der Waals surface area (Å²) in [4.78, 5) is 0. The number of nitrogens with one attached hydrogen (secondary N) is 1. The van der Waals surface area contributed by atoms with Crippen molar-refractivity contribution in [3.8, 4) is 0 Å². The highest BCUT2D eigenvalue weighted by Gasteiger charge is 2.10. The van der Waals surface area contributed by atoms with Gasteiger partial charge in [-0.15, -0.1) is 0 Å². The number of aryl methyl sites for hydroxylation is 1. The van der Waals surface area contributed by atoms with E-state index in [1.54, 1.807) is 0 Å². The molecule has 1 N–H and O–H groups in total. The van der Waals surface area contributed by atoms with Crippen LogP contribution in [0.15, 0.2) is 27.4 Å². The largest absolute Gasteiger partial charge is 0.453 e. The topological polar surface area (TPSA) is 43.0 Å². The first-order chi connectivity index (χ1) is 8.08. The molecule has 5 heteroatoms. The van der Waals surface area contributed by atoms with Crippen molar-refractivity contribution in [3.63, 3.8) is 0 Å². The van der Waals surface area contributed by atoms with Crippen LogP contribution in [0, 0.1) is 6.92 Å². The summed E-state index contributed by atoms with van der Waals surface area (Å²) >= 11 is 3.30. The van der Waals surface area contributed by atoms with Crippen molar-refractivity contribution in [2.45, 2.75) is 26.4 Å². The highest BCUT2D eigenvalue weighted by atomic mass is 79.9. The van der Waals surface area contributed by atoms with Gasteiger partial charge in [-0.2, -0.15) is 5.10 Å². The summed E-state index contributed by atoms with van der Waals surface area (Å²) in [7, 11) is 1.95. The lowest BCUT2D eigenvalue weighted by atomic mass is 10.2. The number of halogens is 1. The highest BCUT2D eigenvalue weighted by molar-refractivity contribution is 9.10. The zero-order chi connectivity index (χ0) is 12.4. The van der Waals surface area contributed by atoms with E-state index in [1.165, 1.54) is 11.3 Å². The van der Waals surface area contributed by atoms with Gasteiger partial charge < -0.3 is 9.73 Å². The van der Waals surface area contributed by atoms with Crippen molar-refractivity contribution in [1.82, 2.24) is 15.1 Å². The van der Waals surface area contributed by atoms with E-state index in [2.05, 4.69) is 40.2 Å². The fraction of sp³-hybridized carbons (Fsp3) is 0.417. The Morgan fingerprint density at radius 1 is 1.53 bits per heavy atom. The number of hydrogen-bond acceptors (Lipinski definition) is 3. The molecule has 92 valence electrons. The molecule has 0 fully saturated rings. The van der Waals surface area contributed by atoms with Gasteiger partial charge in [0, 0.05) is 24.8 Å². The molecule has 0 radical (unpaired) electrons. The maximum Gasteiger partial charge on any atom is 0.169 e. The lowest BCUT2D eigenvalue weighted by Crippen LogP contribution is -2.17. The number of hydrogen-bond donors (Lipinski definition) is 1. The molecule has 0 aromatic carbocycles. The predicted molar refractivity (Wildman–Crippen MR) is 69.6 cm³/mol. The third kappa shape index (κ3) is 2.79. The summed E-state index contributed by atoms with van der Waals surface area (Å²) in [5.41, 5.74) is 2.40. The summed E-state index contributed by atoms with van der Waals surface area (Å²) in [5.74, 6) is 0.929. The van der Waals surface area contributed by atoms with Crippen molar-refractivity contribution >= 4 is 15.9 Å². The van der Waals surface area contributed by atoms with Crippen LogP contribution in [0.1, 0.15) is 30.0 Å². The first-order valence-electron chi connectivity index (χ1n) is 5.54. The SMILES string of the molecule is Cc1c(CNC(C)c2ccc(Br)o2)cnn1C. The number of rotatable bonds is 4. The highest BCUT2D eigenvalue weighted by Crippen LogP contribution is 2.20. The Bertz CT molecular complexity index is 504. The van der Waals surface area contributed by atoms with E-state index in [0.717, 1.165) is 17.0 Å². The summed E-state index contributed by atoms with van der Waals surface area (Å²) in [6.07, 6.45) is 1.90. The second-order valence-corrected chi connectivity index (χ2v) is 4.90. The van der Waals surface area contributed by atoms with Crippen molar-refractivity contribution in [2.24, 2.45) is 7.05 Å². The minimum Gasteiger partial charge on any atom is -0.453 e. The number of nitrogens with zero attached hydrogens (tertiary/aromatic N) is 2. The molecule has 0 amide bonds. The van der Waals surface area contributed by atoms with Gasteiger partial charge >= 0.3 is 0 Å². The second kappa shape index (κ2) is 5.06. The molecule has 0 aliphatic heterocycles. The molecule has 0 bridgehead atoms. The molecule has 0 spiro atoms. The molecule has 17 heavy (non-hydrogen) atoms. The predicted octanol–water partition coefficient (Wildman–Crippen LogP) is 2.93. The lowest BCUT2D eigenvalue weighted by Gasteiger charge is -2.10. The van der Waals surface area contributed by atoms with Crippen LogP contribution in [0.25, 0.3) is 0 Å². The van der Waals surface area contributed by atoms with Gasteiger partial charge in [-0.05, 0) is 41.9 Å². The molecule has 1 atom stereocenters. The van der Waals surface area contributed by atoms with Gasteiger partial charge in [-0.25, -0.2) is 0 Å². The van der Waals surface area contributed by atoms with Crippen molar-refractivity contribution in [1.29, 1.82) is 0 Å². The Balaban J connectivity index is 1.96. The zero-order valence-electron chi connectivity index (χ0n) is 10.2. The summed E-state index contributed by atoms with van der Waals surface area (Å²) < 4.78 is 8.15. The fourth-order valence-electron chi connectivity index (χ4n) is 1.64. The molecule has 0 saturated heterocycles. The van der Waals surface area contributed by atoms with Crippen LogP contribution < -0.4 is 5.32 Å². The van der Waals surface area contributed by atoms with E-state index in [-0.39, 0.29) is 6.04 Å². The van der Waals surface area contributed by atoms with Gasteiger partial charge in [0.25, 0.3) is 0 Å². The van der Waals surface area contributed by atoms with E-state index in [9.17, 15) is 0 Å². The third-order valence-electron chi connectivity index (χ3n) is 2.96. The Morgan fingerprint density at radius 2 is 2.29 bits per heavy atom. The summed E-state index contributed by atoms with van der Waals surface area (Å²) in [6.45, 7) is 4.94. The fourth-order valence-corrected chi connectivity index (χ4v) is 1.96. The van der Waals surface area contributed by atoms with Crippen LogP contribution in [0.5, 0.6) is 0 Å². The standard InChI is InChI=1S/C12H16BrN3O/c1-8(11-4-5-12(13)17-11)14-6-10-7-15-16(3)9(10)2/h4-5,7-8,14H,6H2,1-3H3.